The molecule has 0 bridgehead atoms. The number of alkyl halides is 1. The lowest BCUT2D eigenvalue weighted by Gasteiger charge is -2.00. The number of pyridine rings is 1. The quantitative estimate of drug-likeness (QED) is 0.722. The van der Waals surface area contributed by atoms with Crippen LogP contribution in [-0.2, 0) is 6.42 Å². The molecule has 0 aliphatic rings. The molecule has 1 aromatic heterocycles. The molecular weight excluding hydrogens is 177 g/mol. The lowest BCUT2D eigenvalue weighted by atomic mass is 10.1. The van der Waals surface area contributed by atoms with Crippen LogP contribution < -0.4 is 0 Å². The number of benzene rings is 1. The second kappa shape index (κ2) is 4.18. The summed E-state index contributed by atoms with van der Waals surface area (Å²) in [5, 5.41) is 1.14. The van der Waals surface area contributed by atoms with Crippen molar-refractivity contribution < 1.29 is 4.39 Å². The van der Waals surface area contributed by atoms with Crippen molar-refractivity contribution in [3.8, 4) is 0 Å². The van der Waals surface area contributed by atoms with Crippen molar-refractivity contribution in [2.45, 2.75) is 12.8 Å². The zero-order chi connectivity index (χ0) is 9.80. The van der Waals surface area contributed by atoms with E-state index in [9.17, 15) is 4.39 Å². The minimum absolute atomic E-state index is 0.269. The Morgan fingerprint density at radius 3 is 2.79 bits per heavy atom. The zero-order valence-electron chi connectivity index (χ0n) is 7.91. The first-order valence-corrected chi connectivity index (χ1v) is 4.81. The van der Waals surface area contributed by atoms with E-state index in [2.05, 4.69) is 4.98 Å². The largest absolute Gasteiger partial charge is 0.253 e. The van der Waals surface area contributed by atoms with Crippen LogP contribution in [-0.4, -0.2) is 11.7 Å². The molecule has 1 nitrogen and oxygen atoms in total. The molecule has 0 aliphatic carbocycles. The molecule has 0 atom stereocenters. The summed E-state index contributed by atoms with van der Waals surface area (Å²) in [5.74, 6) is 0. The molecule has 0 unspecified atom stereocenters. The summed E-state index contributed by atoms with van der Waals surface area (Å²) >= 11 is 0. The van der Waals surface area contributed by atoms with Crippen molar-refractivity contribution in [3.63, 3.8) is 0 Å². The first-order valence-electron chi connectivity index (χ1n) is 4.81. The number of aromatic nitrogens is 1. The van der Waals surface area contributed by atoms with E-state index >= 15 is 0 Å². The molecule has 2 heteroatoms. The molecule has 2 aromatic rings. The highest BCUT2D eigenvalue weighted by Crippen LogP contribution is 2.12. The summed E-state index contributed by atoms with van der Waals surface area (Å²) in [4.78, 5) is 4.45. The summed E-state index contributed by atoms with van der Waals surface area (Å²) in [7, 11) is 0. The van der Waals surface area contributed by atoms with Crippen LogP contribution in [0.15, 0.2) is 36.4 Å². The molecular formula is C12H12FN. The standard InChI is InChI=1S/C12H12FN/c13-9-3-5-11-8-7-10-4-1-2-6-12(10)14-11/h1-2,4,6-8H,3,5,9H2. The van der Waals surface area contributed by atoms with Crippen LogP contribution in [0.2, 0.25) is 0 Å². The Bertz CT molecular complexity index is 425. The highest BCUT2D eigenvalue weighted by molar-refractivity contribution is 5.78. The Balaban J connectivity index is 2.32. The predicted octanol–water partition coefficient (Wildman–Crippen LogP) is 3.14. The van der Waals surface area contributed by atoms with Crippen LogP contribution in [0.1, 0.15) is 12.1 Å². The first kappa shape index (κ1) is 9.13. The molecule has 0 fully saturated rings. The summed E-state index contributed by atoms with van der Waals surface area (Å²) in [6.07, 6.45) is 1.28. The van der Waals surface area contributed by atoms with Gasteiger partial charge in [0.15, 0.2) is 0 Å². The van der Waals surface area contributed by atoms with E-state index in [1.54, 1.807) is 0 Å². The van der Waals surface area contributed by atoms with Crippen molar-refractivity contribution >= 4 is 10.9 Å². The van der Waals surface area contributed by atoms with Gasteiger partial charge in [0.1, 0.15) is 0 Å². The van der Waals surface area contributed by atoms with Crippen LogP contribution >= 0.6 is 0 Å². The molecule has 2 rings (SSSR count). The minimum Gasteiger partial charge on any atom is -0.253 e. The van der Waals surface area contributed by atoms with Crippen LogP contribution in [0.25, 0.3) is 10.9 Å². The van der Waals surface area contributed by atoms with E-state index in [4.69, 9.17) is 0 Å². The maximum atomic E-state index is 12.0. The lowest BCUT2D eigenvalue weighted by molar-refractivity contribution is 0.471. The van der Waals surface area contributed by atoms with E-state index < -0.39 is 0 Å². The summed E-state index contributed by atoms with van der Waals surface area (Å²) in [6.45, 7) is -0.269. The minimum atomic E-state index is -0.269. The number of halogens is 1. The van der Waals surface area contributed by atoms with E-state index in [0.29, 0.717) is 6.42 Å². The van der Waals surface area contributed by atoms with Gasteiger partial charge in [-0.25, -0.2) is 0 Å². The second-order valence-corrected chi connectivity index (χ2v) is 3.29. The van der Waals surface area contributed by atoms with Gasteiger partial charge in [-0.1, -0.05) is 24.3 Å². The summed E-state index contributed by atoms with van der Waals surface area (Å²) in [6, 6.07) is 12.0. The molecule has 1 aromatic carbocycles. The van der Waals surface area contributed by atoms with Gasteiger partial charge in [-0.2, -0.15) is 0 Å². The van der Waals surface area contributed by atoms with E-state index in [0.717, 1.165) is 23.0 Å². The normalized spacial score (nSPS) is 10.6. The number of fused-ring (bicyclic) bond motifs is 1. The smallest absolute Gasteiger partial charge is 0.0898 e. The molecule has 0 saturated heterocycles. The number of rotatable bonds is 3. The van der Waals surface area contributed by atoms with Gasteiger partial charge in [0.05, 0.1) is 12.2 Å². The SMILES string of the molecule is FCCCc1ccc2ccccc2n1. The van der Waals surface area contributed by atoms with Crippen LogP contribution in [0.5, 0.6) is 0 Å². The van der Waals surface area contributed by atoms with Gasteiger partial charge in [0.2, 0.25) is 0 Å². The maximum absolute atomic E-state index is 12.0. The lowest BCUT2D eigenvalue weighted by Crippen LogP contribution is -1.91. The van der Waals surface area contributed by atoms with Gasteiger partial charge in [0.25, 0.3) is 0 Å². The number of para-hydroxylation sites is 1. The van der Waals surface area contributed by atoms with Crippen LogP contribution in [0.4, 0.5) is 4.39 Å². The summed E-state index contributed by atoms with van der Waals surface area (Å²) < 4.78 is 12.0. The maximum Gasteiger partial charge on any atom is 0.0898 e. The zero-order valence-corrected chi connectivity index (χ0v) is 7.91. The molecule has 0 spiro atoms. The fourth-order valence-corrected chi connectivity index (χ4v) is 1.50. The monoisotopic (exact) mass is 189 g/mol. The number of hydrogen-bond acceptors (Lipinski definition) is 1. The Kier molecular flexibility index (Phi) is 2.73. The van der Waals surface area contributed by atoms with Crippen molar-refractivity contribution in [1.29, 1.82) is 0 Å². The summed E-state index contributed by atoms with van der Waals surface area (Å²) in [5.41, 5.74) is 1.96. The number of nitrogens with zero attached hydrogens (tertiary/aromatic N) is 1. The third-order valence-electron chi connectivity index (χ3n) is 2.22. The molecule has 0 radical (unpaired) electrons. The number of hydrogen-bond donors (Lipinski definition) is 0. The molecule has 1 heterocycles. The van der Waals surface area contributed by atoms with Crippen molar-refractivity contribution in [3.05, 3.63) is 42.1 Å². The Hall–Kier alpha value is -1.44. The predicted molar refractivity (Wildman–Crippen MR) is 56.0 cm³/mol. The topological polar surface area (TPSA) is 12.9 Å². The van der Waals surface area contributed by atoms with E-state index in [1.807, 2.05) is 36.4 Å². The van der Waals surface area contributed by atoms with Crippen LogP contribution in [0, 0.1) is 0 Å². The van der Waals surface area contributed by atoms with Gasteiger partial charge in [-0.15, -0.1) is 0 Å². The molecule has 72 valence electrons. The fraction of sp³-hybridized carbons (Fsp3) is 0.250. The Morgan fingerprint density at radius 1 is 1.07 bits per heavy atom. The molecule has 0 amide bonds. The Morgan fingerprint density at radius 2 is 1.93 bits per heavy atom. The van der Waals surface area contributed by atoms with E-state index in [-0.39, 0.29) is 6.67 Å². The van der Waals surface area contributed by atoms with Gasteiger partial charge < -0.3 is 0 Å². The van der Waals surface area contributed by atoms with Crippen molar-refractivity contribution in [2.75, 3.05) is 6.67 Å². The highest BCUT2D eigenvalue weighted by Gasteiger charge is 1.97. The first-order chi connectivity index (χ1) is 6.90. The molecule has 0 N–H and O–H groups in total. The molecule has 0 saturated carbocycles. The molecule has 14 heavy (non-hydrogen) atoms. The van der Waals surface area contributed by atoms with Crippen LogP contribution in [0.3, 0.4) is 0 Å². The average Bonchev–Trinajstić information content (AvgIpc) is 2.26. The van der Waals surface area contributed by atoms with Crippen molar-refractivity contribution in [2.24, 2.45) is 0 Å². The fourth-order valence-electron chi connectivity index (χ4n) is 1.50. The highest BCUT2D eigenvalue weighted by atomic mass is 19.1. The van der Waals surface area contributed by atoms with Crippen molar-refractivity contribution in [1.82, 2.24) is 4.98 Å². The van der Waals surface area contributed by atoms with Gasteiger partial charge in [-0.05, 0) is 25.0 Å². The van der Waals surface area contributed by atoms with Gasteiger partial charge in [-0.3, -0.25) is 9.37 Å². The van der Waals surface area contributed by atoms with Gasteiger partial charge >= 0.3 is 0 Å². The van der Waals surface area contributed by atoms with E-state index in [1.165, 1.54) is 0 Å². The Labute approximate surface area is 82.6 Å². The molecule has 0 aliphatic heterocycles. The van der Waals surface area contributed by atoms with Gasteiger partial charge in [0, 0.05) is 11.1 Å². The second-order valence-electron chi connectivity index (χ2n) is 3.29. The average molecular weight is 189 g/mol. The third kappa shape index (κ3) is 1.90. The third-order valence-corrected chi connectivity index (χ3v) is 2.22. The number of aryl methyl sites for hydroxylation is 1.